The van der Waals surface area contributed by atoms with Crippen molar-refractivity contribution in [1.82, 2.24) is 0 Å². The van der Waals surface area contributed by atoms with E-state index < -0.39 is 5.82 Å². The lowest BCUT2D eigenvalue weighted by molar-refractivity contribution is -0.577. The third-order valence-corrected chi connectivity index (χ3v) is 5.11. The number of methoxy groups -OCH3 is 1. The second-order valence-corrected chi connectivity index (χ2v) is 8.52. The number of anilines is 1. The summed E-state index contributed by atoms with van der Waals surface area (Å²) in [6, 6.07) is 16.6. The molecule has 0 aliphatic rings. The number of aromatic nitrogens is 1. The topological polar surface area (TPSA) is 48.2 Å². The van der Waals surface area contributed by atoms with Crippen LogP contribution in [0.1, 0.15) is 31.9 Å². The van der Waals surface area contributed by atoms with E-state index in [0.29, 0.717) is 17.0 Å². The van der Waals surface area contributed by atoms with Crippen LogP contribution in [0.15, 0.2) is 73.1 Å². The van der Waals surface area contributed by atoms with Crippen LogP contribution in [0.3, 0.4) is 0 Å². The Balaban J connectivity index is 2.06. The maximum Gasteiger partial charge on any atom is 0.238 e. The van der Waals surface area contributed by atoms with Crippen molar-refractivity contribution >= 4 is 34.3 Å². The Labute approximate surface area is 187 Å². The van der Waals surface area contributed by atoms with Gasteiger partial charge >= 0.3 is 0 Å². The fraction of sp³-hybridized carbons (Fsp3) is 0.200. The molecule has 0 aliphatic heterocycles. The number of rotatable bonds is 5. The molecular weight excluding hydrogens is 411 g/mol. The highest BCUT2D eigenvalue weighted by atomic mass is 32.1. The Morgan fingerprint density at radius 2 is 1.68 bits per heavy atom. The lowest BCUT2D eigenvalue weighted by Gasteiger charge is -2.19. The number of benzene rings is 2. The molecule has 0 aliphatic carbocycles. The van der Waals surface area contributed by atoms with Gasteiger partial charge in [-0.1, -0.05) is 51.2 Å². The SMILES string of the molecule is COc1cccc(NC(=S)/C(=C(\[O-])c2ccc(F)cc2)[n+]2ccc(C(C)(C)C)cc2)c1. The van der Waals surface area contributed by atoms with Crippen LogP contribution in [0.25, 0.3) is 11.5 Å². The number of halogens is 1. The van der Waals surface area contributed by atoms with Crippen molar-refractivity contribution in [3.05, 3.63) is 90.0 Å². The van der Waals surface area contributed by atoms with E-state index in [9.17, 15) is 9.50 Å². The molecule has 0 atom stereocenters. The van der Waals surface area contributed by atoms with Gasteiger partial charge in [0.25, 0.3) is 0 Å². The molecule has 3 aromatic rings. The van der Waals surface area contributed by atoms with Crippen LogP contribution in [0.5, 0.6) is 5.75 Å². The molecule has 160 valence electrons. The first-order chi connectivity index (χ1) is 14.7. The van der Waals surface area contributed by atoms with Gasteiger partial charge in [0, 0.05) is 23.9 Å². The summed E-state index contributed by atoms with van der Waals surface area (Å²) in [5.41, 5.74) is 2.41. The lowest BCUT2D eigenvalue weighted by atomic mass is 9.88. The van der Waals surface area contributed by atoms with Crippen molar-refractivity contribution in [2.24, 2.45) is 0 Å². The highest BCUT2D eigenvalue weighted by Gasteiger charge is 2.21. The van der Waals surface area contributed by atoms with E-state index in [1.807, 2.05) is 42.7 Å². The van der Waals surface area contributed by atoms with Gasteiger partial charge in [-0.05, 0) is 46.6 Å². The van der Waals surface area contributed by atoms with E-state index in [1.165, 1.54) is 24.3 Å². The first kappa shape index (κ1) is 22.4. The van der Waals surface area contributed by atoms with Gasteiger partial charge < -0.3 is 15.2 Å². The number of ether oxygens (including phenoxy) is 1. The molecule has 0 fully saturated rings. The largest absolute Gasteiger partial charge is 0.867 e. The Kier molecular flexibility index (Phi) is 6.71. The number of nitrogens with one attached hydrogen (secondary N) is 1. The normalized spacial score (nSPS) is 12.2. The first-order valence-corrected chi connectivity index (χ1v) is 10.2. The van der Waals surface area contributed by atoms with E-state index >= 15 is 0 Å². The smallest absolute Gasteiger partial charge is 0.238 e. The molecule has 6 heteroatoms. The molecule has 0 unspecified atom stereocenters. The number of thiocarbonyl (C=S) groups is 1. The van der Waals surface area contributed by atoms with Gasteiger partial charge in [0.1, 0.15) is 11.6 Å². The van der Waals surface area contributed by atoms with Gasteiger partial charge in [-0.15, -0.1) is 0 Å². The highest BCUT2D eigenvalue weighted by Crippen LogP contribution is 2.23. The fourth-order valence-corrected chi connectivity index (χ4v) is 3.36. The molecule has 0 bridgehead atoms. The Morgan fingerprint density at radius 1 is 1.03 bits per heavy atom. The van der Waals surface area contributed by atoms with Crippen molar-refractivity contribution in [2.45, 2.75) is 26.2 Å². The van der Waals surface area contributed by atoms with Gasteiger partial charge in [0.05, 0.1) is 7.11 Å². The Hall–Kier alpha value is -3.25. The Morgan fingerprint density at radius 3 is 2.26 bits per heavy atom. The number of hydrogen-bond acceptors (Lipinski definition) is 3. The van der Waals surface area contributed by atoms with Crippen molar-refractivity contribution in [3.63, 3.8) is 0 Å². The fourth-order valence-electron chi connectivity index (χ4n) is 3.04. The number of pyridine rings is 1. The van der Waals surface area contributed by atoms with Gasteiger partial charge in [0.15, 0.2) is 17.4 Å². The molecule has 0 saturated heterocycles. The lowest BCUT2D eigenvalue weighted by Crippen LogP contribution is -2.40. The molecular formula is C25H25FN2O2S. The average Bonchev–Trinajstić information content (AvgIpc) is 2.74. The summed E-state index contributed by atoms with van der Waals surface area (Å²) in [6.07, 6.45) is 3.63. The van der Waals surface area contributed by atoms with Crippen LogP contribution in [-0.4, -0.2) is 12.1 Å². The second-order valence-electron chi connectivity index (χ2n) is 8.11. The third kappa shape index (κ3) is 5.47. The summed E-state index contributed by atoms with van der Waals surface area (Å²) < 4.78 is 20.3. The molecule has 0 saturated carbocycles. The van der Waals surface area contributed by atoms with E-state index in [4.69, 9.17) is 17.0 Å². The molecule has 0 radical (unpaired) electrons. The second kappa shape index (κ2) is 9.27. The molecule has 1 heterocycles. The van der Waals surface area contributed by atoms with Crippen molar-refractivity contribution in [1.29, 1.82) is 0 Å². The van der Waals surface area contributed by atoms with Crippen molar-refractivity contribution < 1.29 is 18.8 Å². The molecule has 4 nitrogen and oxygen atoms in total. The molecule has 0 amide bonds. The van der Waals surface area contributed by atoms with E-state index in [-0.39, 0.29) is 21.9 Å². The molecule has 0 spiro atoms. The first-order valence-electron chi connectivity index (χ1n) is 9.84. The van der Waals surface area contributed by atoms with Gasteiger partial charge in [-0.3, -0.25) is 0 Å². The summed E-state index contributed by atoms with van der Waals surface area (Å²) in [7, 11) is 1.58. The quantitative estimate of drug-likeness (QED) is 0.276. The summed E-state index contributed by atoms with van der Waals surface area (Å²) in [5, 5.41) is 16.5. The summed E-state index contributed by atoms with van der Waals surface area (Å²) >= 11 is 5.62. The third-order valence-electron chi connectivity index (χ3n) is 4.82. The predicted octanol–water partition coefficient (Wildman–Crippen LogP) is 4.54. The molecule has 1 aromatic heterocycles. The van der Waals surface area contributed by atoms with E-state index in [2.05, 4.69) is 26.1 Å². The minimum Gasteiger partial charge on any atom is -0.867 e. The summed E-state index contributed by atoms with van der Waals surface area (Å²) in [6.45, 7) is 6.36. The van der Waals surface area contributed by atoms with Crippen molar-refractivity contribution in [2.75, 3.05) is 12.4 Å². The number of hydrogen-bond donors (Lipinski definition) is 1. The standard InChI is InChI=1S/C25H25FN2O2S/c1-25(2,3)18-12-14-28(15-13-18)22(23(29)17-8-10-19(26)11-9-17)24(31)27-20-6-5-7-21(16-20)30-4/h5-16H,1-4H3,(H-,27,29,31). The average molecular weight is 437 g/mol. The Bertz CT molecular complexity index is 1100. The predicted molar refractivity (Wildman–Crippen MR) is 124 cm³/mol. The maximum atomic E-state index is 13.4. The monoisotopic (exact) mass is 436 g/mol. The minimum atomic E-state index is -0.405. The van der Waals surface area contributed by atoms with Crippen molar-refractivity contribution in [3.8, 4) is 5.75 Å². The van der Waals surface area contributed by atoms with Crippen LogP contribution < -0.4 is 19.7 Å². The van der Waals surface area contributed by atoms with Gasteiger partial charge in [-0.2, -0.15) is 4.57 Å². The van der Waals surface area contributed by atoms with E-state index in [0.717, 1.165) is 5.56 Å². The van der Waals surface area contributed by atoms with Crippen LogP contribution in [0, 0.1) is 5.82 Å². The highest BCUT2D eigenvalue weighted by molar-refractivity contribution is 7.81. The van der Waals surface area contributed by atoms with Crippen LogP contribution in [0.2, 0.25) is 0 Å². The van der Waals surface area contributed by atoms with Crippen LogP contribution in [-0.2, 0) is 5.41 Å². The van der Waals surface area contributed by atoms with Crippen LogP contribution >= 0.6 is 12.2 Å². The maximum absolute atomic E-state index is 13.4. The van der Waals surface area contributed by atoms with Gasteiger partial charge in [-0.25, -0.2) is 4.39 Å². The van der Waals surface area contributed by atoms with Gasteiger partial charge in [0.2, 0.25) is 5.70 Å². The summed E-state index contributed by atoms with van der Waals surface area (Å²) in [5.74, 6) is -0.0485. The number of nitrogens with zero attached hydrogens (tertiary/aromatic N) is 1. The molecule has 31 heavy (non-hydrogen) atoms. The zero-order valence-electron chi connectivity index (χ0n) is 18.0. The molecule has 2 aromatic carbocycles. The molecule has 1 N–H and O–H groups in total. The minimum absolute atomic E-state index is 0.0282. The van der Waals surface area contributed by atoms with E-state index in [1.54, 1.807) is 17.7 Å². The summed E-state index contributed by atoms with van der Waals surface area (Å²) in [4.78, 5) is 0.246. The van der Waals surface area contributed by atoms with Crippen LogP contribution in [0.4, 0.5) is 10.1 Å². The molecule has 3 rings (SSSR count). The zero-order chi connectivity index (χ0) is 22.6. The zero-order valence-corrected chi connectivity index (χ0v) is 18.8.